The average molecular weight is 292 g/mol. The van der Waals surface area contributed by atoms with E-state index in [1.165, 1.54) is 7.05 Å². The van der Waals surface area contributed by atoms with Gasteiger partial charge in [0.1, 0.15) is 5.82 Å². The Morgan fingerprint density at radius 2 is 1.85 bits per heavy atom. The van der Waals surface area contributed by atoms with Crippen molar-refractivity contribution in [2.24, 2.45) is 5.73 Å². The van der Waals surface area contributed by atoms with Crippen LogP contribution >= 0.6 is 0 Å². The number of nitrogens with zero attached hydrogens (tertiary/aromatic N) is 1. The van der Waals surface area contributed by atoms with Gasteiger partial charge in [0.2, 0.25) is 0 Å². The minimum Gasteiger partial charge on any atom is -0.335 e. The molecule has 2 N–H and O–H groups in total. The molecule has 3 nitrogen and oxygen atoms in total. The van der Waals surface area contributed by atoms with E-state index in [0.29, 0.717) is 18.2 Å². The third kappa shape index (κ3) is 3.27. The molecule has 0 radical (unpaired) electrons. The SMILES string of the molecule is CN(C(=O)c1cc(C(F)(F)F)ccc1F)C(C)(C)CN. The second kappa shape index (κ2) is 5.40. The Morgan fingerprint density at radius 1 is 1.30 bits per heavy atom. The quantitative estimate of drug-likeness (QED) is 0.871. The average Bonchev–Trinajstić information content (AvgIpc) is 2.36. The van der Waals surface area contributed by atoms with Gasteiger partial charge < -0.3 is 10.6 Å². The van der Waals surface area contributed by atoms with E-state index in [-0.39, 0.29) is 6.54 Å². The molecule has 1 aromatic carbocycles. The summed E-state index contributed by atoms with van der Waals surface area (Å²) in [5, 5.41) is 0. The lowest BCUT2D eigenvalue weighted by molar-refractivity contribution is -0.137. The lowest BCUT2D eigenvalue weighted by atomic mass is 10.0. The predicted molar refractivity (Wildman–Crippen MR) is 66.6 cm³/mol. The normalized spacial score (nSPS) is 12.4. The molecule has 1 aromatic rings. The Balaban J connectivity index is 3.23. The lowest BCUT2D eigenvalue weighted by Gasteiger charge is -2.34. The van der Waals surface area contributed by atoms with Gasteiger partial charge in [-0.2, -0.15) is 13.2 Å². The van der Waals surface area contributed by atoms with Crippen LogP contribution in [0.5, 0.6) is 0 Å². The summed E-state index contributed by atoms with van der Waals surface area (Å²) in [6.07, 6.45) is -4.63. The molecule has 0 aliphatic heterocycles. The van der Waals surface area contributed by atoms with Crippen molar-refractivity contribution in [2.45, 2.75) is 25.6 Å². The van der Waals surface area contributed by atoms with Crippen molar-refractivity contribution in [2.75, 3.05) is 13.6 Å². The maximum Gasteiger partial charge on any atom is 0.416 e. The fraction of sp³-hybridized carbons (Fsp3) is 0.462. The van der Waals surface area contributed by atoms with Gasteiger partial charge in [0.25, 0.3) is 5.91 Å². The van der Waals surface area contributed by atoms with Crippen LogP contribution < -0.4 is 5.73 Å². The van der Waals surface area contributed by atoms with E-state index in [4.69, 9.17) is 5.73 Å². The number of carbonyl (C=O) groups excluding carboxylic acids is 1. The number of hydrogen-bond acceptors (Lipinski definition) is 2. The van der Waals surface area contributed by atoms with Gasteiger partial charge in [-0.25, -0.2) is 4.39 Å². The minimum atomic E-state index is -4.63. The molecule has 0 bridgehead atoms. The van der Waals surface area contributed by atoms with Crippen LogP contribution in [0.15, 0.2) is 18.2 Å². The summed E-state index contributed by atoms with van der Waals surface area (Å²) in [4.78, 5) is 13.2. The molecule has 1 amide bonds. The smallest absolute Gasteiger partial charge is 0.335 e. The van der Waals surface area contributed by atoms with Crippen LogP contribution in [0.4, 0.5) is 17.6 Å². The van der Waals surface area contributed by atoms with Gasteiger partial charge in [-0.3, -0.25) is 4.79 Å². The molecule has 0 saturated carbocycles. The standard InChI is InChI=1S/C13H16F4N2O/c1-12(2,7-18)19(3)11(20)9-6-8(13(15,16)17)4-5-10(9)14/h4-6H,7,18H2,1-3H3. The molecule has 0 unspecified atom stereocenters. The molecule has 1 rings (SSSR count). The van der Waals surface area contributed by atoms with Crippen LogP contribution in [0, 0.1) is 5.82 Å². The van der Waals surface area contributed by atoms with Gasteiger partial charge in [-0.1, -0.05) is 0 Å². The Bertz CT molecular complexity index is 512. The van der Waals surface area contributed by atoms with Gasteiger partial charge in [0.05, 0.1) is 11.1 Å². The fourth-order valence-electron chi connectivity index (χ4n) is 1.46. The first-order valence-electron chi connectivity index (χ1n) is 5.85. The van der Waals surface area contributed by atoms with Crippen LogP contribution in [-0.4, -0.2) is 29.9 Å². The van der Waals surface area contributed by atoms with Crippen molar-refractivity contribution in [3.05, 3.63) is 35.1 Å². The zero-order valence-electron chi connectivity index (χ0n) is 11.4. The Kier molecular flexibility index (Phi) is 4.43. The molecule has 0 atom stereocenters. The number of hydrogen-bond donors (Lipinski definition) is 1. The molecule has 0 spiro atoms. The Labute approximate surface area is 114 Å². The first-order valence-corrected chi connectivity index (χ1v) is 5.85. The van der Waals surface area contributed by atoms with E-state index in [1.807, 2.05) is 0 Å². The van der Waals surface area contributed by atoms with E-state index in [0.717, 1.165) is 4.90 Å². The molecular weight excluding hydrogens is 276 g/mol. The molecular formula is C13H16F4N2O. The molecule has 0 aliphatic rings. The largest absolute Gasteiger partial charge is 0.416 e. The van der Waals surface area contributed by atoms with Crippen LogP contribution in [-0.2, 0) is 6.18 Å². The van der Waals surface area contributed by atoms with Crippen molar-refractivity contribution in [1.82, 2.24) is 4.90 Å². The van der Waals surface area contributed by atoms with E-state index in [9.17, 15) is 22.4 Å². The van der Waals surface area contributed by atoms with Crippen molar-refractivity contribution < 1.29 is 22.4 Å². The zero-order chi connectivity index (χ0) is 15.7. The molecule has 0 fully saturated rings. The summed E-state index contributed by atoms with van der Waals surface area (Å²) in [6.45, 7) is 3.36. The Morgan fingerprint density at radius 3 is 2.30 bits per heavy atom. The highest BCUT2D eigenvalue weighted by atomic mass is 19.4. The van der Waals surface area contributed by atoms with Gasteiger partial charge >= 0.3 is 6.18 Å². The fourth-order valence-corrected chi connectivity index (χ4v) is 1.46. The van der Waals surface area contributed by atoms with E-state index < -0.39 is 34.6 Å². The van der Waals surface area contributed by atoms with Gasteiger partial charge in [-0.05, 0) is 32.0 Å². The third-order valence-electron chi connectivity index (χ3n) is 3.24. The van der Waals surface area contributed by atoms with Crippen LogP contribution in [0.1, 0.15) is 29.8 Å². The number of likely N-dealkylation sites (N-methyl/N-ethyl adjacent to an activating group) is 1. The van der Waals surface area contributed by atoms with Crippen LogP contribution in [0.25, 0.3) is 0 Å². The monoisotopic (exact) mass is 292 g/mol. The van der Waals surface area contributed by atoms with Crippen molar-refractivity contribution in [1.29, 1.82) is 0 Å². The van der Waals surface area contributed by atoms with E-state index >= 15 is 0 Å². The van der Waals surface area contributed by atoms with Crippen molar-refractivity contribution in [3.63, 3.8) is 0 Å². The maximum atomic E-state index is 13.6. The number of benzene rings is 1. The summed E-state index contributed by atoms with van der Waals surface area (Å²) < 4.78 is 51.4. The molecule has 0 heterocycles. The second-order valence-electron chi connectivity index (χ2n) is 5.07. The van der Waals surface area contributed by atoms with Crippen LogP contribution in [0.3, 0.4) is 0 Å². The molecule has 7 heteroatoms. The van der Waals surface area contributed by atoms with Gasteiger partial charge in [-0.15, -0.1) is 0 Å². The Hall–Kier alpha value is -1.63. The van der Waals surface area contributed by atoms with Gasteiger partial charge in [0, 0.05) is 19.1 Å². The molecule has 20 heavy (non-hydrogen) atoms. The first-order chi connectivity index (χ1) is 9.00. The summed E-state index contributed by atoms with van der Waals surface area (Å²) in [6, 6.07) is 1.75. The summed E-state index contributed by atoms with van der Waals surface area (Å²) in [5.74, 6) is -1.84. The third-order valence-corrected chi connectivity index (χ3v) is 3.24. The minimum absolute atomic E-state index is 0.0931. The number of halogens is 4. The number of amides is 1. The molecule has 0 saturated heterocycles. The van der Waals surface area contributed by atoms with E-state index in [1.54, 1.807) is 13.8 Å². The van der Waals surface area contributed by atoms with Crippen molar-refractivity contribution >= 4 is 5.91 Å². The molecule has 0 aliphatic carbocycles. The molecule has 0 aromatic heterocycles. The van der Waals surface area contributed by atoms with E-state index in [2.05, 4.69) is 0 Å². The number of carbonyl (C=O) groups is 1. The first kappa shape index (κ1) is 16.4. The highest BCUT2D eigenvalue weighted by Gasteiger charge is 2.34. The number of alkyl halides is 3. The highest BCUT2D eigenvalue weighted by molar-refractivity contribution is 5.95. The summed E-state index contributed by atoms with van der Waals surface area (Å²) in [7, 11) is 1.37. The summed E-state index contributed by atoms with van der Waals surface area (Å²) >= 11 is 0. The number of nitrogens with two attached hydrogens (primary N) is 1. The lowest BCUT2D eigenvalue weighted by Crippen LogP contribution is -2.50. The van der Waals surface area contributed by atoms with Crippen LogP contribution in [0.2, 0.25) is 0 Å². The second-order valence-corrected chi connectivity index (χ2v) is 5.07. The topological polar surface area (TPSA) is 46.3 Å². The molecule has 112 valence electrons. The predicted octanol–water partition coefficient (Wildman–Crippen LogP) is 2.65. The highest BCUT2D eigenvalue weighted by Crippen LogP contribution is 2.31. The summed E-state index contributed by atoms with van der Waals surface area (Å²) in [5.41, 5.74) is 3.01. The van der Waals surface area contributed by atoms with Crippen molar-refractivity contribution in [3.8, 4) is 0 Å². The zero-order valence-corrected chi connectivity index (χ0v) is 11.4. The van der Waals surface area contributed by atoms with Gasteiger partial charge in [0.15, 0.2) is 0 Å². The maximum absolute atomic E-state index is 13.6. The number of rotatable bonds is 3.